The summed E-state index contributed by atoms with van der Waals surface area (Å²) in [6, 6.07) is 0.359. The van der Waals surface area contributed by atoms with Gasteiger partial charge in [0, 0.05) is 13.1 Å². The Morgan fingerprint density at radius 3 is 2.38 bits per heavy atom. The summed E-state index contributed by atoms with van der Waals surface area (Å²) in [4.78, 5) is 14.1. The van der Waals surface area contributed by atoms with E-state index in [4.69, 9.17) is 4.74 Å². The van der Waals surface area contributed by atoms with Gasteiger partial charge in [0.15, 0.2) is 0 Å². The van der Waals surface area contributed by atoms with Crippen molar-refractivity contribution in [2.45, 2.75) is 84.6 Å². The number of amides is 1. The lowest BCUT2D eigenvalue weighted by molar-refractivity contribution is -0.118. The van der Waals surface area contributed by atoms with Gasteiger partial charge in [-0.15, -0.1) is 0 Å². The molecule has 148 valence electrons. The van der Waals surface area contributed by atoms with Crippen LogP contribution in [-0.2, 0) is 4.74 Å². The van der Waals surface area contributed by atoms with Gasteiger partial charge in [-0.1, -0.05) is 27.2 Å². The SMILES string of the molecule is COC(=O)N(C)[C@H]1CCC2C3CCC4CC(C)CCC4(C)C3CCC21C. The molecule has 7 unspecified atom stereocenters. The fourth-order valence-corrected chi connectivity index (χ4v) is 8.35. The topological polar surface area (TPSA) is 29.5 Å². The highest BCUT2D eigenvalue weighted by Crippen LogP contribution is 2.67. The van der Waals surface area contributed by atoms with Crippen LogP contribution in [0.25, 0.3) is 0 Å². The number of fused-ring (bicyclic) bond motifs is 5. The highest BCUT2D eigenvalue weighted by Gasteiger charge is 2.60. The zero-order valence-corrected chi connectivity index (χ0v) is 17.6. The average molecular weight is 362 g/mol. The molecule has 3 nitrogen and oxygen atoms in total. The van der Waals surface area contributed by atoms with Crippen LogP contribution in [0.1, 0.15) is 78.6 Å². The minimum Gasteiger partial charge on any atom is -0.453 e. The lowest BCUT2D eigenvalue weighted by Crippen LogP contribution is -2.56. The van der Waals surface area contributed by atoms with Crippen molar-refractivity contribution in [2.75, 3.05) is 14.2 Å². The van der Waals surface area contributed by atoms with Gasteiger partial charge in [0.1, 0.15) is 0 Å². The molecule has 4 saturated carbocycles. The third-order valence-corrected chi connectivity index (χ3v) is 9.81. The maximum atomic E-state index is 12.2. The summed E-state index contributed by atoms with van der Waals surface area (Å²) in [5.74, 6) is 4.51. The van der Waals surface area contributed by atoms with Crippen molar-refractivity contribution >= 4 is 6.09 Å². The van der Waals surface area contributed by atoms with Crippen molar-refractivity contribution in [3.8, 4) is 0 Å². The Kier molecular flexibility index (Phi) is 4.59. The summed E-state index contributed by atoms with van der Waals surface area (Å²) in [6.45, 7) is 7.60. The number of hydrogen-bond donors (Lipinski definition) is 0. The van der Waals surface area contributed by atoms with Crippen LogP contribution in [0.5, 0.6) is 0 Å². The van der Waals surface area contributed by atoms with Crippen molar-refractivity contribution in [3.05, 3.63) is 0 Å². The smallest absolute Gasteiger partial charge is 0.409 e. The van der Waals surface area contributed by atoms with E-state index in [9.17, 15) is 4.79 Å². The molecule has 4 aliphatic carbocycles. The summed E-state index contributed by atoms with van der Waals surface area (Å²) >= 11 is 0. The highest BCUT2D eigenvalue weighted by atomic mass is 16.5. The number of nitrogens with zero attached hydrogens (tertiary/aromatic N) is 1. The minimum absolute atomic E-state index is 0.157. The number of carbonyl (C=O) groups is 1. The first-order valence-corrected chi connectivity index (χ1v) is 11.1. The van der Waals surface area contributed by atoms with Crippen LogP contribution in [0.2, 0.25) is 0 Å². The van der Waals surface area contributed by atoms with Crippen LogP contribution in [-0.4, -0.2) is 31.2 Å². The van der Waals surface area contributed by atoms with E-state index >= 15 is 0 Å². The highest BCUT2D eigenvalue weighted by molar-refractivity contribution is 5.67. The van der Waals surface area contributed by atoms with Crippen molar-refractivity contribution in [1.82, 2.24) is 4.90 Å². The minimum atomic E-state index is -0.157. The zero-order valence-electron chi connectivity index (χ0n) is 17.6. The van der Waals surface area contributed by atoms with Crippen molar-refractivity contribution < 1.29 is 9.53 Å². The van der Waals surface area contributed by atoms with Crippen molar-refractivity contribution in [1.29, 1.82) is 0 Å². The molecule has 0 spiro atoms. The molecule has 0 aromatic heterocycles. The van der Waals surface area contributed by atoms with Crippen LogP contribution in [0, 0.1) is 40.4 Å². The Bertz CT molecular complexity index is 562. The summed E-state index contributed by atoms with van der Waals surface area (Å²) in [5, 5.41) is 0. The largest absolute Gasteiger partial charge is 0.453 e. The van der Waals surface area contributed by atoms with E-state index in [1.165, 1.54) is 58.5 Å². The molecule has 4 fully saturated rings. The van der Waals surface area contributed by atoms with E-state index < -0.39 is 0 Å². The molecule has 4 aliphatic rings. The molecule has 0 aliphatic heterocycles. The van der Waals surface area contributed by atoms with Gasteiger partial charge in [-0.2, -0.15) is 0 Å². The number of hydrogen-bond acceptors (Lipinski definition) is 2. The second-order valence-electron chi connectivity index (χ2n) is 10.8. The molecular weight excluding hydrogens is 322 g/mol. The molecule has 0 aromatic rings. The quantitative estimate of drug-likeness (QED) is 0.597. The van der Waals surface area contributed by atoms with Crippen LogP contribution in [0.3, 0.4) is 0 Å². The molecular formula is C23H39NO2. The fraction of sp³-hybridized carbons (Fsp3) is 0.957. The van der Waals surface area contributed by atoms with Crippen molar-refractivity contribution in [3.63, 3.8) is 0 Å². The lowest BCUT2D eigenvalue weighted by atomic mass is 9.44. The first-order valence-electron chi connectivity index (χ1n) is 11.1. The molecule has 0 saturated heterocycles. The molecule has 0 bridgehead atoms. The predicted molar refractivity (Wildman–Crippen MR) is 105 cm³/mol. The van der Waals surface area contributed by atoms with Gasteiger partial charge in [-0.25, -0.2) is 4.79 Å². The zero-order chi connectivity index (χ0) is 18.7. The Morgan fingerprint density at radius 2 is 1.65 bits per heavy atom. The standard InChI is InChI=1S/C23H39NO2/c1-15-10-12-22(2)16(14-15)6-7-17-18-8-9-20(24(4)21(25)26-5)23(18,3)13-11-19(17)22/h15-20H,6-14H2,1-5H3/t15?,16?,17?,18?,19?,20-,22?,23?/m0/s1. The predicted octanol–water partition coefficient (Wildman–Crippen LogP) is 5.73. The van der Waals surface area contributed by atoms with Gasteiger partial charge in [0.25, 0.3) is 0 Å². The Hall–Kier alpha value is -0.730. The molecule has 26 heavy (non-hydrogen) atoms. The number of ether oxygens (including phenoxy) is 1. The second-order valence-corrected chi connectivity index (χ2v) is 10.8. The first kappa shape index (κ1) is 18.6. The van der Waals surface area contributed by atoms with Gasteiger partial charge >= 0.3 is 6.09 Å². The van der Waals surface area contributed by atoms with Crippen LogP contribution in [0.4, 0.5) is 4.79 Å². The molecule has 0 N–H and O–H groups in total. The molecule has 3 heteroatoms. The molecule has 4 rings (SSSR count). The van der Waals surface area contributed by atoms with Crippen LogP contribution < -0.4 is 0 Å². The van der Waals surface area contributed by atoms with Gasteiger partial charge in [-0.3, -0.25) is 0 Å². The summed E-state index contributed by atoms with van der Waals surface area (Å²) < 4.78 is 5.04. The van der Waals surface area contributed by atoms with Gasteiger partial charge in [0.05, 0.1) is 7.11 Å². The number of carbonyl (C=O) groups excluding carboxylic acids is 1. The lowest BCUT2D eigenvalue weighted by Gasteiger charge is -2.61. The van der Waals surface area contributed by atoms with E-state index in [0.29, 0.717) is 11.5 Å². The van der Waals surface area contributed by atoms with Crippen molar-refractivity contribution in [2.24, 2.45) is 40.4 Å². The van der Waals surface area contributed by atoms with E-state index in [1.54, 1.807) is 0 Å². The number of rotatable bonds is 1. The first-order chi connectivity index (χ1) is 12.3. The van der Waals surface area contributed by atoms with Crippen LogP contribution in [0.15, 0.2) is 0 Å². The van der Waals surface area contributed by atoms with Gasteiger partial charge in [-0.05, 0) is 91.8 Å². The van der Waals surface area contributed by atoms with Gasteiger partial charge < -0.3 is 9.64 Å². The van der Waals surface area contributed by atoms with E-state index in [-0.39, 0.29) is 11.5 Å². The maximum absolute atomic E-state index is 12.2. The third kappa shape index (κ3) is 2.55. The number of methoxy groups -OCH3 is 1. The normalized spacial score (nSPS) is 50.3. The maximum Gasteiger partial charge on any atom is 0.409 e. The van der Waals surface area contributed by atoms with Gasteiger partial charge in [0.2, 0.25) is 0 Å². The summed E-state index contributed by atoms with van der Waals surface area (Å²) in [5.41, 5.74) is 0.873. The average Bonchev–Trinajstić information content (AvgIpc) is 2.98. The fourth-order valence-electron chi connectivity index (χ4n) is 8.35. The van der Waals surface area contributed by atoms with Crippen LogP contribution >= 0.6 is 0 Å². The molecule has 0 heterocycles. The Labute approximate surface area is 160 Å². The summed E-state index contributed by atoms with van der Waals surface area (Å²) in [6.07, 6.45) is 12.2. The second kappa shape index (κ2) is 6.41. The summed E-state index contributed by atoms with van der Waals surface area (Å²) in [7, 11) is 3.47. The Morgan fingerprint density at radius 1 is 0.962 bits per heavy atom. The third-order valence-electron chi connectivity index (χ3n) is 9.81. The Balaban J connectivity index is 1.57. The van der Waals surface area contributed by atoms with E-state index in [0.717, 1.165) is 36.0 Å². The monoisotopic (exact) mass is 361 g/mol. The molecule has 1 amide bonds. The van der Waals surface area contributed by atoms with E-state index in [2.05, 4.69) is 20.8 Å². The molecule has 8 atom stereocenters. The molecule has 0 aromatic carbocycles. The molecule has 0 radical (unpaired) electrons. The van der Waals surface area contributed by atoms with E-state index in [1.807, 2.05) is 11.9 Å².